The van der Waals surface area contributed by atoms with E-state index in [1.807, 2.05) is 6.92 Å². The lowest BCUT2D eigenvalue weighted by Crippen LogP contribution is -2.44. The smallest absolute Gasteiger partial charge is 0.0638 e. The van der Waals surface area contributed by atoms with E-state index in [4.69, 9.17) is 0 Å². The zero-order valence-corrected chi connectivity index (χ0v) is 9.56. The van der Waals surface area contributed by atoms with Crippen LogP contribution in [0, 0.1) is 5.41 Å². The zero-order valence-electron chi connectivity index (χ0n) is 8.66. The maximum atomic E-state index is 9.22. The summed E-state index contributed by atoms with van der Waals surface area (Å²) in [6, 6.07) is 0. The quantitative estimate of drug-likeness (QED) is 0.660. The molecule has 0 saturated heterocycles. The fourth-order valence-electron chi connectivity index (χ4n) is 2.13. The fraction of sp³-hybridized carbons (Fsp3) is 1.00. The van der Waals surface area contributed by atoms with Gasteiger partial charge >= 0.3 is 0 Å². The van der Waals surface area contributed by atoms with Gasteiger partial charge in [0.1, 0.15) is 0 Å². The Morgan fingerprint density at radius 3 is 2.46 bits per heavy atom. The highest BCUT2D eigenvalue weighted by atomic mass is 32.1. The van der Waals surface area contributed by atoms with E-state index in [1.54, 1.807) is 0 Å². The molecule has 3 heteroatoms. The monoisotopic (exact) mass is 203 g/mol. The van der Waals surface area contributed by atoms with Gasteiger partial charge < -0.3 is 10.0 Å². The van der Waals surface area contributed by atoms with Gasteiger partial charge in [0.25, 0.3) is 0 Å². The molecule has 1 fully saturated rings. The molecule has 13 heavy (non-hydrogen) atoms. The summed E-state index contributed by atoms with van der Waals surface area (Å²) >= 11 is 4.41. The lowest BCUT2D eigenvalue weighted by molar-refractivity contribution is 0.0730. The molecule has 0 aromatic heterocycles. The number of rotatable bonds is 5. The standard InChI is InChI=1S/C10H21NOS/c1-9(12)6-11(2)7-10(8-13)4-3-5-10/h9,12-13H,3-8H2,1-2H3. The van der Waals surface area contributed by atoms with Crippen molar-refractivity contribution in [2.24, 2.45) is 5.41 Å². The van der Waals surface area contributed by atoms with Crippen LogP contribution >= 0.6 is 12.6 Å². The molecule has 1 unspecified atom stereocenters. The van der Waals surface area contributed by atoms with Crippen LogP contribution in [0.4, 0.5) is 0 Å². The summed E-state index contributed by atoms with van der Waals surface area (Å²) in [5.74, 6) is 0.983. The van der Waals surface area contributed by atoms with Gasteiger partial charge in [0.05, 0.1) is 6.10 Å². The summed E-state index contributed by atoms with van der Waals surface area (Å²) in [5.41, 5.74) is 0.451. The first-order chi connectivity index (χ1) is 6.08. The first kappa shape index (κ1) is 11.3. The summed E-state index contributed by atoms with van der Waals surface area (Å²) in [7, 11) is 2.08. The Balaban J connectivity index is 2.29. The van der Waals surface area contributed by atoms with Crippen molar-refractivity contribution in [3.05, 3.63) is 0 Å². The van der Waals surface area contributed by atoms with Gasteiger partial charge in [-0.15, -0.1) is 0 Å². The Kier molecular flexibility index (Phi) is 4.07. The largest absolute Gasteiger partial charge is 0.392 e. The van der Waals surface area contributed by atoms with Gasteiger partial charge in [-0.25, -0.2) is 0 Å². The summed E-state index contributed by atoms with van der Waals surface area (Å²) in [4.78, 5) is 2.22. The third kappa shape index (κ3) is 3.15. The Hall–Kier alpha value is 0.270. The molecule has 0 heterocycles. The lowest BCUT2D eigenvalue weighted by Gasteiger charge is -2.43. The Morgan fingerprint density at radius 1 is 1.54 bits per heavy atom. The topological polar surface area (TPSA) is 23.5 Å². The molecule has 78 valence electrons. The molecule has 2 nitrogen and oxygen atoms in total. The number of aliphatic hydroxyl groups is 1. The van der Waals surface area contributed by atoms with Gasteiger partial charge in [0.2, 0.25) is 0 Å². The number of thiol groups is 1. The van der Waals surface area contributed by atoms with Crippen molar-refractivity contribution < 1.29 is 5.11 Å². The van der Waals surface area contributed by atoms with Crippen molar-refractivity contribution >= 4 is 12.6 Å². The highest BCUT2D eigenvalue weighted by Crippen LogP contribution is 2.42. The number of hydrogen-bond acceptors (Lipinski definition) is 3. The van der Waals surface area contributed by atoms with Crippen molar-refractivity contribution in [3.63, 3.8) is 0 Å². The molecule has 1 N–H and O–H groups in total. The van der Waals surface area contributed by atoms with Crippen LogP contribution in [0.5, 0.6) is 0 Å². The molecule has 0 bridgehead atoms. The molecular weight excluding hydrogens is 182 g/mol. The summed E-state index contributed by atoms with van der Waals surface area (Å²) in [6.07, 6.45) is 3.74. The number of likely N-dealkylation sites (N-methyl/N-ethyl adjacent to an activating group) is 1. The predicted molar refractivity (Wildman–Crippen MR) is 59.3 cm³/mol. The fourth-order valence-corrected chi connectivity index (χ4v) is 2.55. The molecule has 1 atom stereocenters. The molecule has 0 aromatic rings. The van der Waals surface area contributed by atoms with E-state index in [9.17, 15) is 5.11 Å². The number of nitrogens with zero attached hydrogens (tertiary/aromatic N) is 1. The van der Waals surface area contributed by atoms with Gasteiger partial charge in [-0.1, -0.05) is 6.42 Å². The number of hydrogen-bond donors (Lipinski definition) is 2. The first-order valence-electron chi connectivity index (χ1n) is 5.05. The molecule has 0 amide bonds. The van der Waals surface area contributed by atoms with Crippen molar-refractivity contribution in [2.75, 3.05) is 25.9 Å². The third-order valence-corrected chi connectivity index (χ3v) is 3.60. The molecule has 0 aliphatic heterocycles. The van der Waals surface area contributed by atoms with Crippen LogP contribution < -0.4 is 0 Å². The van der Waals surface area contributed by atoms with Crippen LogP contribution in [0.25, 0.3) is 0 Å². The predicted octanol–water partition coefficient (Wildman–Crippen LogP) is 1.40. The second-order valence-electron chi connectivity index (χ2n) is 4.56. The Morgan fingerprint density at radius 2 is 2.15 bits per heavy atom. The highest BCUT2D eigenvalue weighted by molar-refractivity contribution is 7.80. The van der Waals surface area contributed by atoms with Crippen molar-refractivity contribution in [3.8, 4) is 0 Å². The van der Waals surface area contributed by atoms with Crippen LogP contribution in [0.3, 0.4) is 0 Å². The molecule has 1 rings (SSSR count). The van der Waals surface area contributed by atoms with Gasteiger partial charge in [-0.3, -0.25) is 0 Å². The maximum Gasteiger partial charge on any atom is 0.0638 e. The van der Waals surface area contributed by atoms with Crippen molar-refractivity contribution in [2.45, 2.75) is 32.3 Å². The van der Waals surface area contributed by atoms with Crippen LogP contribution in [-0.2, 0) is 0 Å². The molecule has 0 aromatic carbocycles. The molecule has 0 radical (unpaired) electrons. The van der Waals surface area contributed by atoms with Crippen LogP contribution in [0.15, 0.2) is 0 Å². The minimum absolute atomic E-state index is 0.220. The van der Waals surface area contributed by atoms with Crippen molar-refractivity contribution in [1.82, 2.24) is 4.90 Å². The van der Waals surface area contributed by atoms with Crippen LogP contribution in [-0.4, -0.2) is 42.0 Å². The van der Waals surface area contributed by atoms with Crippen LogP contribution in [0.1, 0.15) is 26.2 Å². The molecule has 0 spiro atoms. The summed E-state index contributed by atoms with van der Waals surface area (Å²) < 4.78 is 0. The highest BCUT2D eigenvalue weighted by Gasteiger charge is 2.36. The second kappa shape index (κ2) is 4.67. The average molecular weight is 203 g/mol. The van der Waals surface area contributed by atoms with Crippen molar-refractivity contribution in [1.29, 1.82) is 0 Å². The zero-order chi connectivity index (χ0) is 9.90. The van der Waals surface area contributed by atoms with E-state index in [0.29, 0.717) is 5.41 Å². The van der Waals surface area contributed by atoms with E-state index in [0.717, 1.165) is 18.8 Å². The Bertz CT molecular complexity index is 151. The summed E-state index contributed by atoms with van der Waals surface area (Å²) in [6.45, 7) is 3.70. The van der Waals surface area contributed by atoms with Gasteiger partial charge in [-0.05, 0) is 38.0 Å². The first-order valence-corrected chi connectivity index (χ1v) is 5.69. The third-order valence-electron chi connectivity index (χ3n) is 2.93. The average Bonchev–Trinajstić information content (AvgIpc) is 1.95. The van der Waals surface area contributed by atoms with Crippen LogP contribution in [0.2, 0.25) is 0 Å². The van der Waals surface area contributed by atoms with E-state index in [1.165, 1.54) is 19.3 Å². The van der Waals surface area contributed by atoms with Gasteiger partial charge in [0, 0.05) is 13.1 Å². The second-order valence-corrected chi connectivity index (χ2v) is 4.87. The molecule has 1 saturated carbocycles. The minimum atomic E-state index is -0.220. The van der Waals surface area contributed by atoms with E-state index >= 15 is 0 Å². The van der Waals surface area contributed by atoms with Gasteiger partial charge in [-0.2, -0.15) is 12.6 Å². The molecule has 1 aliphatic rings. The van der Waals surface area contributed by atoms with Gasteiger partial charge in [0.15, 0.2) is 0 Å². The summed E-state index contributed by atoms with van der Waals surface area (Å²) in [5, 5.41) is 9.22. The maximum absolute atomic E-state index is 9.22. The SMILES string of the molecule is CC(O)CN(C)CC1(CS)CCC1. The number of aliphatic hydroxyl groups excluding tert-OH is 1. The van der Waals surface area contributed by atoms with E-state index < -0.39 is 0 Å². The molecular formula is C10H21NOS. The minimum Gasteiger partial charge on any atom is -0.392 e. The Labute approximate surface area is 86.7 Å². The van der Waals surface area contributed by atoms with E-state index in [2.05, 4.69) is 24.6 Å². The lowest BCUT2D eigenvalue weighted by atomic mass is 9.70. The normalized spacial score (nSPS) is 22.8. The molecule has 1 aliphatic carbocycles. The van der Waals surface area contributed by atoms with E-state index in [-0.39, 0.29) is 6.10 Å².